The van der Waals surface area contributed by atoms with E-state index in [1.807, 2.05) is 20.8 Å². The van der Waals surface area contributed by atoms with E-state index in [0.29, 0.717) is 11.4 Å². The van der Waals surface area contributed by atoms with Gasteiger partial charge in [0.15, 0.2) is 11.4 Å². The van der Waals surface area contributed by atoms with Crippen LogP contribution in [0, 0.1) is 10.1 Å². The highest BCUT2D eigenvalue weighted by molar-refractivity contribution is 5.38. The second-order valence-electron chi connectivity index (χ2n) is 5.34. The van der Waals surface area contributed by atoms with Crippen molar-refractivity contribution in [1.82, 2.24) is 4.98 Å². The topological polar surface area (TPSA) is 65.3 Å². The third-order valence-corrected chi connectivity index (χ3v) is 2.56. The van der Waals surface area contributed by atoms with E-state index in [2.05, 4.69) is 4.98 Å². The molecule has 1 aliphatic rings. The van der Waals surface area contributed by atoms with Crippen molar-refractivity contribution < 1.29 is 9.66 Å². The highest BCUT2D eigenvalue weighted by Crippen LogP contribution is 2.35. The number of ether oxygens (including phenoxy) is 1. The summed E-state index contributed by atoms with van der Waals surface area (Å²) in [5, 5.41) is 10.7. The molecule has 0 aromatic carbocycles. The fourth-order valence-corrected chi connectivity index (χ4v) is 1.54. The molecule has 17 heavy (non-hydrogen) atoms. The molecule has 2 rings (SSSR count). The van der Waals surface area contributed by atoms with Crippen LogP contribution in [-0.2, 0) is 5.41 Å². The summed E-state index contributed by atoms with van der Waals surface area (Å²) in [4.78, 5) is 14.4. The number of nitro groups is 1. The van der Waals surface area contributed by atoms with E-state index in [1.54, 1.807) is 6.07 Å². The zero-order chi connectivity index (χ0) is 12.6. The Bertz CT molecular complexity index is 448. The minimum atomic E-state index is -0.476. The molecule has 1 aromatic heterocycles. The number of pyridine rings is 1. The molecule has 1 saturated carbocycles. The third kappa shape index (κ3) is 2.72. The molecule has 1 heterocycles. The van der Waals surface area contributed by atoms with Crippen LogP contribution in [0.2, 0.25) is 0 Å². The Balaban J connectivity index is 2.39. The van der Waals surface area contributed by atoms with Crippen molar-refractivity contribution in [3.05, 3.63) is 27.9 Å². The van der Waals surface area contributed by atoms with Crippen molar-refractivity contribution in [2.45, 2.75) is 45.1 Å². The molecule has 0 atom stereocenters. The molecule has 0 N–H and O–H groups in total. The van der Waals surface area contributed by atoms with E-state index < -0.39 is 4.92 Å². The van der Waals surface area contributed by atoms with Crippen LogP contribution in [0.1, 0.15) is 39.3 Å². The van der Waals surface area contributed by atoms with Gasteiger partial charge in [-0.25, -0.2) is 0 Å². The lowest BCUT2D eigenvalue weighted by Crippen LogP contribution is -2.17. The predicted octanol–water partition coefficient (Wildman–Crippen LogP) is 2.83. The molecule has 0 amide bonds. The number of rotatable bonds is 3. The molecule has 0 bridgehead atoms. The van der Waals surface area contributed by atoms with Crippen LogP contribution in [0.25, 0.3) is 0 Å². The Hall–Kier alpha value is -1.65. The SMILES string of the molecule is CC(C)(C)c1nc([N+](=O)[O-])ccc1OC1CC1. The normalized spacial score (nSPS) is 15.7. The molecule has 1 aromatic rings. The fraction of sp³-hybridized carbons (Fsp3) is 0.583. The van der Waals surface area contributed by atoms with Crippen molar-refractivity contribution >= 4 is 5.82 Å². The van der Waals surface area contributed by atoms with Crippen LogP contribution < -0.4 is 4.74 Å². The molecular weight excluding hydrogens is 220 g/mol. The van der Waals surface area contributed by atoms with Crippen molar-refractivity contribution in [2.75, 3.05) is 0 Å². The Morgan fingerprint density at radius 3 is 2.53 bits per heavy atom. The maximum absolute atomic E-state index is 10.7. The average molecular weight is 236 g/mol. The average Bonchev–Trinajstić information content (AvgIpc) is 3.00. The number of hydrogen-bond acceptors (Lipinski definition) is 4. The second kappa shape index (κ2) is 3.98. The van der Waals surface area contributed by atoms with Crippen LogP contribution >= 0.6 is 0 Å². The second-order valence-corrected chi connectivity index (χ2v) is 5.34. The van der Waals surface area contributed by atoms with E-state index in [1.165, 1.54) is 6.07 Å². The van der Waals surface area contributed by atoms with Gasteiger partial charge in [-0.1, -0.05) is 20.8 Å². The summed E-state index contributed by atoms with van der Waals surface area (Å²) in [6.45, 7) is 5.91. The van der Waals surface area contributed by atoms with E-state index in [0.717, 1.165) is 12.8 Å². The molecule has 1 aliphatic carbocycles. The lowest BCUT2D eigenvalue weighted by Gasteiger charge is -2.17. The van der Waals surface area contributed by atoms with Crippen molar-refractivity contribution in [3.8, 4) is 5.75 Å². The van der Waals surface area contributed by atoms with Gasteiger partial charge in [0.2, 0.25) is 0 Å². The minimum Gasteiger partial charge on any atom is -0.486 e. The summed E-state index contributed by atoms with van der Waals surface area (Å²) in [6, 6.07) is 3.05. The standard InChI is InChI=1S/C12H16N2O3/c1-12(2,3)11-9(17-8-4-5-8)6-7-10(13-11)14(15)16/h6-8H,4-5H2,1-3H3. The van der Waals surface area contributed by atoms with E-state index in [-0.39, 0.29) is 17.3 Å². The lowest BCUT2D eigenvalue weighted by atomic mass is 9.91. The summed E-state index contributed by atoms with van der Waals surface area (Å²) < 4.78 is 5.73. The van der Waals surface area contributed by atoms with E-state index in [4.69, 9.17) is 4.74 Å². The lowest BCUT2D eigenvalue weighted by molar-refractivity contribution is -0.389. The molecule has 0 saturated heterocycles. The quantitative estimate of drug-likeness (QED) is 0.598. The predicted molar refractivity (Wildman–Crippen MR) is 63.2 cm³/mol. The molecule has 1 fully saturated rings. The number of nitrogens with zero attached hydrogens (tertiary/aromatic N) is 2. The maximum Gasteiger partial charge on any atom is 0.363 e. The van der Waals surface area contributed by atoms with Gasteiger partial charge in [0, 0.05) is 11.5 Å². The first-order chi connectivity index (χ1) is 7.88. The fourth-order valence-electron chi connectivity index (χ4n) is 1.54. The first-order valence-corrected chi connectivity index (χ1v) is 5.70. The van der Waals surface area contributed by atoms with Gasteiger partial charge in [-0.15, -0.1) is 0 Å². The molecular formula is C12H16N2O3. The molecule has 0 unspecified atom stereocenters. The van der Waals surface area contributed by atoms with Gasteiger partial charge >= 0.3 is 5.82 Å². The van der Waals surface area contributed by atoms with Gasteiger partial charge in [-0.2, -0.15) is 0 Å². The van der Waals surface area contributed by atoms with Gasteiger partial charge in [-0.05, 0) is 28.8 Å². The summed E-state index contributed by atoms with van der Waals surface area (Å²) in [7, 11) is 0. The smallest absolute Gasteiger partial charge is 0.363 e. The Kier molecular flexibility index (Phi) is 2.77. The third-order valence-electron chi connectivity index (χ3n) is 2.56. The van der Waals surface area contributed by atoms with Crippen molar-refractivity contribution in [2.24, 2.45) is 0 Å². The molecule has 5 nitrogen and oxygen atoms in total. The number of hydrogen-bond donors (Lipinski definition) is 0. The molecule has 92 valence electrons. The first kappa shape index (κ1) is 11.8. The van der Waals surface area contributed by atoms with E-state index in [9.17, 15) is 10.1 Å². The highest BCUT2D eigenvalue weighted by Gasteiger charge is 2.32. The zero-order valence-electron chi connectivity index (χ0n) is 10.3. The van der Waals surface area contributed by atoms with Crippen molar-refractivity contribution in [1.29, 1.82) is 0 Å². The van der Waals surface area contributed by atoms with Crippen LogP contribution in [-0.4, -0.2) is 16.0 Å². The maximum atomic E-state index is 10.7. The van der Waals surface area contributed by atoms with E-state index >= 15 is 0 Å². The number of aromatic nitrogens is 1. The van der Waals surface area contributed by atoms with Crippen LogP contribution in [0.4, 0.5) is 5.82 Å². The zero-order valence-corrected chi connectivity index (χ0v) is 10.3. The van der Waals surface area contributed by atoms with Gasteiger partial charge < -0.3 is 14.9 Å². The summed E-state index contributed by atoms with van der Waals surface area (Å²) >= 11 is 0. The minimum absolute atomic E-state index is 0.127. The first-order valence-electron chi connectivity index (χ1n) is 5.70. The van der Waals surface area contributed by atoms with Gasteiger partial charge in [0.1, 0.15) is 0 Å². The van der Waals surface area contributed by atoms with Crippen LogP contribution in [0.5, 0.6) is 5.75 Å². The Morgan fingerprint density at radius 2 is 2.06 bits per heavy atom. The molecule has 0 radical (unpaired) electrons. The monoisotopic (exact) mass is 236 g/mol. The molecule has 0 aliphatic heterocycles. The largest absolute Gasteiger partial charge is 0.486 e. The van der Waals surface area contributed by atoms with Gasteiger partial charge in [0.05, 0.1) is 6.10 Å². The van der Waals surface area contributed by atoms with Crippen LogP contribution in [0.15, 0.2) is 12.1 Å². The molecule has 0 spiro atoms. The van der Waals surface area contributed by atoms with Crippen molar-refractivity contribution in [3.63, 3.8) is 0 Å². The van der Waals surface area contributed by atoms with Gasteiger partial charge in [-0.3, -0.25) is 0 Å². The summed E-state index contributed by atoms with van der Waals surface area (Å²) in [5.74, 6) is 0.545. The summed E-state index contributed by atoms with van der Waals surface area (Å²) in [6.07, 6.45) is 2.38. The summed E-state index contributed by atoms with van der Waals surface area (Å²) in [5.41, 5.74) is 0.384. The van der Waals surface area contributed by atoms with Gasteiger partial charge in [0.25, 0.3) is 0 Å². The van der Waals surface area contributed by atoms with Crippen LogP contribution in [0.3, 0.4) is 0 Å². The molecule has 5 heteroatoms. The highest BCUT2D eigenvalue weighted by atomic mass is 16.6. The Labute approximate surface area is 100.0 Å². The Morgan fingerprint density at radius 1 is 1.41 bits per heavy atom.